The fourth-order valence-electron chi connectivity index (χ4n) is 1.55. The van der Waals surface area contributed by atoms with Gasteiger partial charge in [0.1, 0.15) is 5.75 Å². The molecule has 0 saturated carbocycles. The van der Waals surface area contributed by atoms with Crippen molar-refractivity contribution in [2.24, 2.45) is 0 Å². The standard InChI is InChI=1S/C12H13NOS.BrH/c1-8-12(13-9(2)15-8)10-4-6-11(14-3)7-5-10;/h4-7H,1-3H3;1H. The van der Waals surface area contributed by atoms with Gasteiger partial charge in [0.25, 0.3) is 0 Å². The van der Waals surface area contributed by atoms with Crippen LogP contribution in [0.15, 0.2) is 24.3 Å². The summed E-state index contributed by atoms with van der Waals surface area (Å²) in [6, 6.07) is 8.01. The van der Waals surface area contributed by atoms with E-state index in [-0.39, 0.29) is 17.0 Å². The Bertz CT molecular complexity index is 464. The second-order valence-corrected chi connectivity index (χ2v) is 4.77. The van der Waals surface area contributed by atoms with Gasteiger partial charge in [-0.05, 0) is 38.1 Å². The Morgan fingerprint density at radius 1 is 1.12 bits per heavy atom. The molecule has 2 aromatic rings. The molecule has 0 aliphatic carbocycles. The molecule has 0 aliphatic heterocycles. The SMILES string of the molecule is Br.COc1ccc(-c2nc(C)sc2C)cc1. The van der Waals surface area contributed by atoms with Gasteiger partial charge in [0, 0.05) is 10.4 Å². The van der Waals surface area contributed by atoms with Gasteiger partial charge in [0.05, 0.1) is 17.8 Å². The lowest BCUT2D eigenvalue weighted by atomic mass is 10.1. The molecule has 2 nitrogen and oxygen atoms in total. The highest BCUT2D eigenvalue weighted by molar-refractivity contribution is 8.93. The number of thiazole rings is 1. The molecular formula is C12H14BrNOS. The molecule has 86 valence electrons. The molecule has 0 unspecified atom stereocenters. The van der Waals surface area contributed by atoms with Crippen LogP contribution in [0.25, 0.3) is 11.3 Å². The number of methoxy groups -OCH3 is 1. The number of rotatable bonds is 2. The van der Waals surface area contributed by atoms with E-state index in [4.69, 9.17) is 4.74 Å². The van der Waals surface area contributed by atoms with E-state index in [9.17, 15) is 0 Å². The van der Waals surface area contributed by atoms with Crippen LogP contribution in [0.3, 0.4) is 0 Å². The molecule has 0 amide bonds. The third kappa shape index (κ3) is 2.62. The lowest BCUT2D eigenvalue weighted by Gasteiger charge is -2.01. The topological polar surface area (TPSA) is 22.1 Å². The van der Waals surface area contributed by atoms with Gasteiger partial charge in [-0.3, -0.25) is 0 Å². The van der Waals surface area contributed by atoms with Crippen molar-refractivity contribution in [1.29, 1.82) is 0 Å². The molecule has 0 atom stereocenters. The van der Waals surface area contributed by atoms with Crippen LogP contribution in [0.5, 0.6) is 5.75 Å². The molecular weight excluding hydrogens is 286 g/mol. The van der Waals surface area contributed by atoms with E-state index in [0.717, 1.165) is 22.0 Å². The van der Waals surface area contributed by atoms with Crippen LogP contribution in [-0.4, -0.2) is 12.1 Å². The van der Waals surface area contributed by atoms with Gasteiger partial charge in [-0.15, -0.1) is 28.3 Å². The van der Waals surface area contributed by atoms with E-state index in [0.29, 0.717) is 0 Å². The van der Waals surface area contributed by atoms with Crippen LogP contribution >= 0.6 is 28.3 Å². The van der Waals surface area contributed by atoms with Crippen LogP contribution < -0.4 is 4.74 Å². The Labute approximate surface area is 110 Å². The number of halogens is 1. The zero-order chi connectivity index (χ0) is 10.8. The molecule has 0 spiro atoms. The summed E-state index contributed by atoms with van der Waals surface area (Å²) in [7, 11) is 1.67. The molecule has 0 N–H and O–H groups in total. The summed E-state index contributed by atoms with van der Waals surface area (Å²) >= 11 is 1.73. The highest BCUT2D eigenvalue weighted by Crippen LogP contribution is 2.28. The first-order chi connectivity index (χ1) is 7.20. The van der Waals surface area contributed by atoms with Crippen molar-refractivity contribution in [1.82, 2.24) is 4.98 Å². The Morgan fingerprint density at radius 3 is 2.19 bits per heavy atom. The van der Waals surface area contributed by atoms with Gasteiger partial charge in [-0.2, -0.15) is 0 Å². The van der Waals surface area contributed by atoms with Gasteiger partial charge in [0.2, 0.25) is 0 Å². The minimum atomic E-state index is 0. The smallest absolute Gasteiger partial charge is 0.118 e. The van der Waals surface area contributed by atoms with Crippen LogP contribution in [0, 0.1) is 13.8 Å². The van der Waals surface area contributed by atoms with Crippen molar-refractivity contribution in [2.45, 2.75) is 13.8 Å². The second-order valence-electron chi connectivity index (χ2n) is 3.37. The normalized spacial score (nSPS) is 9.69. The largest absolute Gasteiger partial charge is 0.497 e. The molecule has 1 aromatic carbocycles. The fraction of sp³-hybridized carbons (Fsp3) is 0.250. The average Bonchev–Trinajstić information content (AvgIpc) is 2.58. The van der Waals surface area contributed by atoms with Gasteiger partial charge in [-0.1, -0.05) is 0 Å². The van der Waals surface area contributed by atoms with Crippen LogP contribution in [0.1, 0.15) is 9.88 Å². The predicted octanol–water partition coefficient (Wildman–Crippen LogP) is 4.01. The zero-order valence-electron chi connectivity index (χ0n) is 9.48. The van der Waals surface area contributed by atoms with Crippen molar-refractivity contribution in [3.8, 4) is 17.0 Å². The van der Waals surface area contributed by atoms with Crippen LogP contribution in [0.4, 0.5) is 0 Å². The quantitative estimate of drug-likeness (QED) is 0.836. The molecule has 16 heavy (non-hydrogen) atoms. The van der Waals surface area contributed by atoms with E-state index in [2.05, 4.69) is 11.9 Å². The molecule has 1 heterocycles. The van der Waals surface area contributed by atoms with E-state index < -0.39 is 0 Å². The van der Waals surface area contributed by atoms with Gasteiger partial charge in [0.15, 0.2) is 0 Å². The van der Waals surface area contributed by atoms with Crippen molar-refractivity contribution in [3.05, 3.63) is 34.2 Å². The summed E-state index contributed by atoms with van der Waals surface area (Å²) in [6.07, 6.45) is 0. The Hall–Kier alpha value is -0.870. The number of ether oxygens (including phenoxy) is 1. The number of aromatic nitrogens is 1. The molecule has 0 saturated heterocycles. The van der Waals surface area contributed by atoms with Gasteiger partial charge < -0.3 is 4.74 Å². The number of nitrogens with zero attached hydrogens (tertiary/aromatic N) is 1. The molecule has 1 aromatic heterocycles. The van der Waals surface area contributed by atoms with Crippen LogP contribution in [0.2, 0.25) is 0 Å². The van der Waals surface area contributed by atoms with Crippen molar-refractivity contribution < 1.29 is 4.74 Å². The maximum absolute atomic E-state index is 5.12. The van der Waals surface area contributed by atoms with Gasteiger partial charge >= 0.3 is 0 Å². The second kappa shape index (κ2) is 5.46. The third-order valence-electron chi connectivity index (χ3n) is 2.27. The van der Waals surface area contributed by atoms with Crippen molar-refractivity contribution >= 4 is 28.3 Å². The Morgan fingerprint density at radius 2 is 1.75 bits per heavy atom. The van der Waals surface area contributed by atoms with E-state index in [1.807, 2.05) is 31.2 Å². The maximum atomic E-state index is 5.12. The Balaban J connectivity index is 0.00000128. The van der Waals surface area contributed by atoms with Crippen LogP contribution in [-0.2, 0) is 0 Å². The first-order valence-corrected chi connectivity index (χ1v) is 5.61. The summed E-state index contributed by atoms with van der Waals surface area (Å²) in [5, 5.41) is 1.11. The third-order valence-corrected chi connectivity index (χ3v) is 3.15. The minimum Gasteiger partial charge on any atom is -0.497 e. The summed E-state index contributed by atoms with van der Waals surface area (Å²) in [6.45, 7) is 4.13. The van der Waals surface area contributed by atoms with Crippen molar-refractivity contribution in [3.63, 3.8) is 0 Å². The van der Waals surface area contributed by atoms with Gasteiger partial charge in [-0.25, -0.2) is 4.98 Å². The van der Waals surface area contributed by atoms with E-state index >= 15 is 0 Å². The van der Waals surface area contributed by atoms with E-state index in [1.54, 1.807) is 18.4 Å². The highest BCUT2D eigenvalue weighted by atomic mass is 79.9. The highest BCUT2D eigenvalue weighted by Gasteiger charge is 2.06. The number of hydrogen-bond acceptors (Lipinski definition) is 3. The number of hydrogen-bond donors (Lipinski definition) is 0. The molecule has 0 radical (unpaired) electrons. The lowest BCUT2D eigenvalue weighted by molar-refractivity contribution is 0.415. The first-order valence-electron chi connectivity index (χ1n) is 4.79. The summed E-state index contributed by atoms with van der Waals surface area (Å²) < 4.78 is 5.12. The number of aryl methyl sites for hydroxylation is 2. The van der Waals surface area contributed by atoms with Crippen molar-refractivity contribution in [2.75, 3.05) is 7.11 Å². The minimum absolute atomic E-state index is 0. The summed E-state index contributed by atoms with van der Waals surface area (Å²) in [5.74, 6) is 0.878. The number of benzene rings is 1. The zero-order valence-corrected chi connectivity index (χ0v) is 12.0. The maximum Gasteiger partial charge on any atom is 0.118 e. The summed E-state index contributed by atoms with van der Waals surface area (Å²) in [5.41, 5.74) is 2.23. The molecule has 0 aliphatic rings. The average molecular weight is 300 g/mol. The molecule has 0 fully saturated rings. The molecule has 0 bridgehead atoms. The first kappa shape index (κ1) is 13.2. The monoisotopic (exact) mass is 299 g/mol. The predicted molar refractivity (Wildman–Crippen MR) is 73.9 cm³/mol. The molecule has 4 heteroatoms. The summed E-state index contributed by atoms with van der Waals surface area (Å²) in [4.78, 5) is 5.78. The fourth-order valence-corrected chi connectivity index (χ4v) is 2.39. The molecule has 2 rings (SSSR count). The Kier molecular flexibility index (Phi) is 4.50. The lowest BCUT2D eigenvalue weighted by Crippen LogP contribution is -1.84. The van der Waals surface area contributed by atoms with E-state index in [1.165, 1.54) is 4.88 Å².